The average molecular weight is 257 g/mol. The van der Waals surface area contributed by atoms with Crippen LogP contribution in [0.5, 0.6) is 0 Å². The molecule has 0 aliphatic heterocycles. The first-order chi connectivity index (χ1) is 7.94. The van der Waals surface area contributed by atoms with Crippen molar-refractivity contribution < 1.29 is 17.0 Å². The summed E-state index contributed by atoms with van der Waals surface area (Å²) in [5.41, 5.74) is 1.92. The standard InChI is InChI=1S/C10H11NO5S/c1-17(13,14)15-5-4-7-2-3-9-8(6-7)11-10(12)16-9/h2-3,6H,4-5H2,1H3,(H,11,12). The molecule has 0 radical (unpaired) electrons. The number of nitrogens with one attached hydrogen (secondary N) is 1. The molecule has 0 unspecified atom stereocenters. The Hall–Kier alpha value is -1.60. The third kappa shape index (κ3) is 3.18. The van der Waals surface area contributed by atoms with Crippen LogP contribution in [0.1, 0.15) is 5.56 Å². The number of aromatic amines is 1. The Balaban J connectivity index is 2.11. The van der Waals surface area contributed by atoms with E-state index < -0.39 is 15.9 Å². The average Bonchev–Trinajstić information content (AvgIpc) is 2.55. The lowest BCUT2D eigenvalue weighted by Crippen LogP contribution is -2.06. The van der Waals surface area contributed by atoms with Crippen LogP contribution in [0, 0.1) is 0 Å². The summed E-state index contributed by atoms with van der Waals surface area (Å²) < 4.78 is 31.0. The first-order valence-corrected chi connectivity index (χ1v) is 6.72. The molecule has 0 bridgehead atoms. The van der Waals surface area contributed by atoms with Crippen molar-refractivity contribution >= 4 is 21.2 Å². The highest BCUT2D eigenvalue weighted by molar-refractivity contribution is 7.85. The van der Waals surface area contributed by atoms with E-state index in [1.54, 1.807) is 18.2 Å². The van der Waals surface area contributed by atoms with Gasteiger partial charge in [-0.05, 0) is 24.1 Å². The predicted molar refractivity (Wildman–Crippen MR) is 61.3 cm³/mol. The third-order valence-corrected chi connectivity index (χ3v) is 2.77. The van der Waals surface area contributed by atoms with E-state index in [-0.39, 0.29) is 6.61 Å². The number of rotatable bonds is 4. The van der Waals surface area contributed by atoms with Crippen LogP contribution in [0.2, 0.25) is 0 Å². The first kappa shape index (κ1) is 11.9. The minimum Gasteiger partial charge on any atom is -0.408 e. The summed E-state index contributed by atoms with van der Waals surface area (Å²) >= 11 is 0. The van der Waals surface area contributed by atoms with Crippen molar-refractivity contribution in [1.29, 1.82) is 0 Å². The fraction of sp³-hybridized carbons (Fsp3) is 0.300. The molecule has 0 saturated carbocycles. The summed E-state index contributed by atoms with van der Waals surface area (Å²) in [5.74, 6) is -0.510. The molecule has 0 spiro atoms. The molecule has 7 heteroatoms. The van der Waals surface area contributed by atoms with Gasteiger partial charge in [-0.1, -0.05) is 6.07 Å². The lowest BCUT2D eigenvalue weighted by Gasteiger charge is -2.01. The number of benzene rings is 1. The van der Waals surface area contributed by atoms with Crippen LogP contribution in [0.4, 0.5) is 0 Å². The Labute approximate surface area is 97.3 Å². The van der Waals surface area contributed by atoms with E-state index in [4.69, 9.17) is 4.42 Å². The van der Waals surface area contributed by atoms with E-state index in [1.165, 1.54) is 0 Å². The zero-order valence-electron chi connectivity index (χ0n) is 9.10. The van der Waals surface area contributed by atoms with Crippen LogP contribution in [0.25, 0.3) is 11.1 Å². The Kier molecular flexibility index (Phi) is 3.03. The van der Waals surface area contributed by atoms with Crippen molar-refractivity contribution in [3.63, 3.8) is 0 Å². The molecule has 0 saturated heterocycles. The Bertz CT molecular complexity index is 682. The van der Waals surface area contributed by atoms with Crippen molar-refractivity contribution in [2.45, 2.75) is 6.42 Å². The van der Waals surface area contributed by atoms with Gasteiger partial charge in [-0.3, -0.25) is 9.17 Å². The summed E-state index contributed by atoms with van der Waals surface area (Å²) in [4.78, 5) is 13.4. The summed E-state index contributed by atoms with van der Waals surface area (Å²) in [7, 11) is -3.41. The smallest absolute Gasteiger partial charge is 0.408 e. The molecule has 0 aliphatic rings. The van der Waals surface area contributed by atoms with Gasteiger partial charge in [-0.25, -0.2) is 4.79 Å². The fourth-order valence-corrected chi connectivity index (χ4v) is 1.85. The van der Waals surface area contributed by atoms with Gasteiger partial charge in [0, 0.05) is 0 Å². The molecule has 1 heterocycles. The van der Waals surface area contributed by atoms with E-state index in [9.17, 15) is 13.2 Å². The van der Waals surface area contributed by atoms with Crippen molar-refractivity contribution in [3.05, 3.63) is 34.3 Å². The molecule has 2 rings (SSSR count). The van der Waals surface area contributed by atoms with Gasteiger partial charge in [-0.2, -0.15) is 8.42 Å². The van der Waals surface area contributed by atoms with Crippen LogP contribution in [0.3, 0.4) is 0 Å². The monoisotopic (exact) mass is 257 g/mol. The zero-order valence-corrected chi connectivity index (χ0v) is 9.91. The Morgan fingerprint density at radius 3 is 2.88 bits per heavy atom. The van der Waals surface area contributed by atoms with Crippen molar-refractivity contribution in [3.8, 4) is 0 Å². The number of hydrogen-bond acceptors (Lipinski definition) is 5. The maximum absolute atomic E-state index is 10.9. The van der Waals surface area contributed by atoms with Gasteiger partial charge < -0.3 is 4.42 Å². The minimum atomic E-state index is -3.41. The molecule has 1 N–H and O–H groups in total. The molecule has 0 atom stereocenters. The molecule has 17 heavy (non-hydrogen) atoms. The van der Waals surface area contributed by atoms with Gasteiger partial charge in [-0.15, -0.1) is 0 Å². The maximum atomic E-state index is 10.9. The normalized spacial score (nSPS) is 12.1. The molecule has 0 aliphatic carbocycles. The van der Waals surface area contributed by atoms with E-state index in [0.717, 1.165) is 11.8 Å². The highest BCUT2D eigenvalue weighted by Gasteiger charge is 2.04. The second-order valence-electron chi connectivity index (χ2n) is 3.62. The predicted octanol–water partition coefficient (Wildman–Crippen LogP) is 0.640. The Morgan fingerprint density at radius 1 is 1.41 bits per heavy atom. The minimum absolute atomic E-state index is 0.0758. The molecule has 2 aromatic rings. The highest BCUT2D eigenvalue weighted by atomic mass is 32.2. The number of H-pyrrole nitrogens is 1. The lowest BCUT2D eigenvalue weighted by atomic mass is 10.1. The number of aromatic nitrogens is 1. The van der Waals surface area contributed by atoms with E-state index in [2.05, 4.69) is 9.17 Å². The molecule has 1 aromatic heterocycles. The first-order valence-electron chi connectivity index (χ1n) is 4.90. The molecular weight excluding hydrogens is 246 g/mol. The molecule has 1 aromatic carbocycles. The van der Waals surface area contributed by atoms with Gasteiger partial charge >= 0.3 is 5.76 Å². The van der Waals surface area contributed by atoms with E-state index in [1.807, 2.05) is 0 Å². The second kappa shape index (κ2) is 4.34. The van der Waals surface area contributed by atoms with Crippen LogP contribution >= 0.6 is 0 Å². The SMILES string of the molecule is CS(=O)(=O)OCCc1ccc2oc(=O)[nH]c2c1. The van der Waals surface area contributed by atoms with Gasteiger partial charge in [0.25, 0.3) is 10.1 Å². The van der Waals surface area contributed by atoms with Crippen LogP contribution in [-0.4, -0.2) is 26.3 Å². The summed E-state index contributed by atoms with van der Waals surface area (Å²) in [5, 5.41) is 0. The summed E-state index contributed by atoms with van der Waals surface area (Å²) in [6.45, 7) is 0.0758. The van der Waals surface area contributed by atoms with E-state index in [0.29, 0.717) is 17.5 Å². The van der Waals surface area contributed by atoms with Gasteiger partial charge in [0.15, 0.2) is 5.58 Å². The number of hydrogen-bond donors (Lipinski definition) is 1. The maximum Gasteiger partial charge on any atom is 0.417 e. The van der Waals surface area contributed by atoms with Crippen LogP contribution in [0.15, 0.2) is 27.4 Å². The lowest BCUT2D eigenvalue weighted by molar-refractivity contribution is 0.326. The zero-order chi connectivity index (χ0) is 12.5. The summed E-state index contributed by atoms with van der Waals surface area (Å²) in [6, 6.07) is 5.14. The van der Waals surface area contributed by atoms with Gasteiger partial charge in [0.2, 0.25) is 0 Å². The molecule has 0 fully saturated rings. The van der Waals surface area contributed by atoms with E-state index >= 15 is 0 Å². The van der Waals surface area contributed by atoms with Crippen LogP contribution < -0.4 is 5.76 Å². The molecular formula is C10H11NO5S. The van der Waals surface area contributed by atoms with Crippen molar-refractivity contribution in [1.82, 2.24) is 4.98 Å². The van der Waals surface area contributed by atoms with Crippen LogP contribution in [-0.2, 0) is 20.7 Å². The van der Waals surface area contributed by atoms with Gasteiger partial charge in [0.1, 0.15) is 0 Å². The molecule has 6 nitrogen and oxygen atoms in total. The largest absolute Gasteiger partial charge is 0.417 e. The number of oxazole rings is 1. The fourth-order valence-electron chi connectivity index (χ4n) is 1.47. The quantitative estimate of drug-likeness (QED) is 0.812. The second-order valence-corrected chi connectivity index (χ2v) is 5.27. The third-order valence-electron chi connectivity index (χ3n) is 2.17. The Morgan fingerprint density at radius 2 is 2.18 bits per heavy atom. The topological polar surface area (TPSA) is 89.4 Å². The molecule has 92 valence electrons. The number of fused-ring (bicyclic) bond motifs is 1. The van der Waals surface area contributed by atoms with Crippen molar-refractivity contribution in [2.24, 2.45) is 0 Å². The van der Waals surface area contributed by atoms with Crippen molar-refractivity contribution in [2.75, 3.05) is 12.9 Å². The molecule has 0 amide bonds. The van der Waals surface area contributed by atoms with Gasteiger partial charge in [0.05, 0.1) is 18.4 Å². The highest BCUT2D eigenvalue weighted by Crippen LogP contribution is 2.12. The summed E-state index contributed by atoms with van der Waals surface area (Å²) in [6.07, 6.45) is 1.44.